The third-order valence-corrected chi connectivity index (χ3v) is 2.07. The molecular formula is C7H4BrClN2. The zero-order chi connectivity index (χ0) is 8.43. The van der Waals surface area contributed by atoms with Crippen LogP contribution in [0.2, 0.25) is 5.15 Å². The van der Waals surface area contributed by atoms with Crippen LogP contribution in [0.25, 0.3) is 0 Å². The van der Waals surface area contributed by atoms with E-state index in [2.05, 4.69) is 20.9 Å². The Balaban J connectivity index is 3.40. The average Bonchev–Trinajstić information content (AvgIpc) is 1.85. The van der Waals surface area contributed by atoms with E-state index in [1.54, 1.807) is 6.07 Å². The Labute approximate surface area is 77.9 Å². The van der Waals surface area contributed by atoms with E-state index in [0.717, 1.165) is 5.69 Å². The van der Waals surface area contributed by atoms with Crippen LogP contribution in [0.15, 0.2) is 10.5 Å². The van der Waals surface area contributed by atoms with Crippen molar-refractivity contribution < 1.29 is 0 Å². The highest BCUT2D eigenvalue weighted by Crippen LogP contribution is 2.22. The first-order valence-corrected chi connectivity index (χ1v) is 4.05. The monoisotopic (exact) mass is 230 g/mol. The smallest absolute Gasteiger partial charge is 0.148 e. The topological polar surface area (TPSA) is 36.7 Å². The van der Waals surface area contributed by atoms with E-state index in [4.69, 9.17) is 16.9 Å². The molecule has 1 rings (SSSR count). The van der Waals surface area contributed by atoms with E-state index in [1.807, 2.05) is 13.0 Å². The van der Waals surface area contributed by atoms with Crippen LogP contribution in [0, 0.1) is 18.3 Å². The number of hydrogen-bond donors (Lipinski definition) is 0. The first-order chi connectivity index (χ1) is 5.15. The summed E-state index contributed by atoms with van der Waals surface area (Å²) in [5.74, 6) is 0. The van der Waals surface area contributed by atoms with Gasteiger partial charge in [0.25, 0.3) is 0 Å². The van der Waals surface area contributed by atoms with E-state index in [0.29, 0.717) is 10.0 Å². The van der Waals surface area contributed by atoms with Crippen LogP contribution >= 0.6 is 27.5 Å². The normalized spacial score (nSPS) is 9.27. The molecule has 0 N–H and O–H groups in total. The largest absolute Gasteiger partial charge is 0.240 e. The lowest BCUT2D eigenvalue weighted by molar-refractivity contribution is 1.18. The second kappa shape index (κ2) is 3.21. The van der Waals surface area contributed by atoms with Gasteiger partial charge in [0.05, 0.1) is 0 Å². The van der Waals surface area contributed by atoms with Crippen molar-refractivity contribution in [2.45, 2.75) is 6.92 Å². The van der Waals surface area contributed by atoms with Crippen LogP contribution in [0.5, 0.6) is 0 Å². The quantitative estimate of drug-likeness (QED) is 0.644. The van der Waals surface area contributed by atoms with Gasteiger partial charge in [-0.05, 0) is 28.9 Å². The molecule has 0 aromatic carbocycles. The number of rotatable bonds is 0. The minimum absolute atomic E-state index is 0.249. The molecule has 0 saturated heterocycles. The fourth-order valence-electron chi connectivity index (χ4n) is 0.697. The summed E-state index contributed by atoms with van der Waals surface area (Å²) in [5, 5.41) is 8.84. The van der Waals surface area contributed by atoms with Crippen LogP contribution in [-0.4, -0.2) is 4.98 Å². The molecule has 2 nitrogen and oxygen atoms in total. The van der Waals surface area contributed by atoms with Gasteiger partial charge >= 0.3 is 0 Å². The number of nitriles is 1. The number of hydrogen-bond acceptors (Lipinski definition) is 2. The summed E-state index contributed by atoms with van der Waals surface area (Å²) < 4.78 is 0.692. The number of pyridine rings is 1. The van der Waals surface area contributed by atoms with E-state index in [-0.39, 0.29) is 5.15 Å². The molecule has 1 heterocycles. The Morgan fingerprint density at radius 3 is 2.82 bits per heavy atom. The number of nitrogens with zero attached hydrogens (tertiary/aromatic N) is 2. The molecule has 0 amide bonds. The van der Waals surface area contributed by atoms with Gasteiger partial charge in [-0.1, -0.05) is 11.6 Å². The summed E-state index contributed by atoms with van der Waals surface area (Å²) in [4.78, 5) is 3.92. The maximum absolute atomic E-state index is 8.59. The van der Waals surface area contributed by atoms with Crippen LogP contribution in [0.4, 0.5) is 0 Å². The van der Waals surface area contributed by atoms with Crippen molar-refractivity contribution in [3.63, 3.8) is 0 Å². The van der Waals surface area contributed by atoms with Crippen molar-refractivity contribution in [1.82, 2.24) is 4.98 Å². The Morgan fingerprint density at radius 1 is 1.73 bits per heavy atom. The summed E-state index contributed by atoms with van der Waals surface area (Å²) in [6.07, 6.45) is 0. The first-order valence-electron chi connectivity index (χ1n) is 2.88. The van der Waals surface area contributed by atoms with Gasteiger partial charge in [0.15, 0.2) is 0 Å². The highest BCUT2D eigenvalue weighted by molar-refractivity contribution is 9.10. The molecule has 0 radical (unpaired) electrons. The number of aromatic nitrogens is 1. The molecule has 0 unspecified atom stereocenters. The van der Waals surface area contributed by atoms with Crippen LogP contribution in [0.1, 0.15) is 11.3 Å². The lowest BCUT2D eigenvalue weighted by Gasteiger charge is -1.98. The van der Waals surface area contributed by atoms with Gasteiger partial charge in [0, 0.05) is 10.2 Å². The highest BCUT2D eigenvalue weighted by atomic mass is 79.9. The van der Waals surface area contributed by atoms with E-state index < -0.39 is 0 Å². The van der Waals surface area contributed by atoms with Crippen molar-refractivity contribution in [1.29, 1.82) is 5.26 Å². The van der Waals surface area contributed by atoms with Crippen molar-refractivity contribution in [2.75, 3.05) is 0 Å². The summed E-state index contributed by atoms with van der Waals surface area (Å²) in [5.41, 5.74) is 1.18. The molecule has 11 heavy (non-hydrogen) atoms. The summed E-state index contributed by atoms with van der Waals surface area (Å²) in [6, 6.07) is 3.70. The molecule has 0 aliphatic rings. The van der Waals surface area contributed by atoms with Crippen molar-refractivity contribution in [3.05, 3.63) is 26.9 Å². The van der Waals surface area contributed by atoms with Crippen molar-refractivity contribution >= 4 is 27.5 Å². The average molecular weight is 231 g/mol. The van der Waals surface area contributed by atoms with Gasteiger partial charge in [-0.2, -0.15) is 5.26 Å². The molecular weight excluding hydrogens is 227 g/mol. The molecule has 0 atom stereocenters. The Bertz CT molecular complexity index is 307. The summed E-state index contributed by atoms with van der Waals surface area (Å²) >= 11 is 8.88. The second-order valence-electron chi connectivity index (χ2n) is 2.02. The zero-order valence-electron chi connectivity index (χ0n) is 5.73. The molecule has 56 valence electrons. The van der Waals surface area contributed by atoms with Gasteiger partial charge in [-0.25, -0.2) is 4.98 Å². The molecule has 1 aromatic heterocycles. The molecule has 0 fully saturated rings. The fourth-order valence-corrected chi connectivity index (χ4v) is 1.70. The standard InChI is InChI=1S/C7H4BrClN2/c1-4-2-6(8)5(3-10)7(9)11-4/h2H,1H3. The van der Waals surface area contributed by atoms with Gasteiger partial charge in [0.2, 0.25) is 0 Å². The maximum atomic E-state index is 8.59. The minimum atomic E-state index is 0.249. The van der Waals surface area contributed by atoms with Gasteiger partial charge < -0.3 is 0 Å². The Kier molecular flexibility index (Phi) is 2.48. The van der Waals surface area contributed by atoms with Gasteiger partial charge in [-0.15, -0.1) is 0 Å². The third-order valence-electron chi connectivity index (χ3n) is 1.17. The lowest BCUT2D eigenvalue weighted by atomic mass is 10.3. The molecule has 0 aliphatic heterocycles. The molecule has 4 heteroatoms. The fraction of sp³-hybridized carbons (Fsp3) is 0.143. The van der Waals surface area contributed by atoms with Crippen LogP contribution < -0.4 is 0 Å². The summed E-state index contributed by atoms with van der Waals surface area (Å²) in [6.45, 7) is 1.82. The van der Waals surface area contributed by atoms with Crippen molar-refractivity contribution in [3.8, 4) is 6.07 Å². The van der Waals surface area contributed by atoms with E-state index in [9.17, 15) is 0 Å². The second-order valence-corrected chi connectivity index (χ2v) is 3.24. The van der Waals surface area contributed by atoms with Crippen molar-refractivity contribution in [2.24, 2.45) is 0 Å². The molecule has 0 aliphatic carbocycles. The molecule has 1 aromatic rings. The molecule has 0 bridgehead atoms. The zero-order valence-corrected chi connectivity index (χ0v) is 8.07. The Morgan fingerprint density at radius 2 is 2.36 bits per heavy atom. The first kappa shape index (κ1) is 8.51. The van der Waals surface area contributed by atoms with E-state index >= 15 is 0 Å². The maximum Gasteiger partial charge on any atom is 0.148 e. The number of aryl methyl sites for hydroxylation is 1. The number of halogens is 2. The molecule has 0 saturated carbocycles. The highest BCUT2D eigenvalue weighted by Gasteiger charge is 2.05. The predicted octanol–water partition coefficient (Wildman–Crippen LogP) is 2.68. The van der Waals surface area contributed by atoms with Gasteiger partial charge in [-0.3, -0.25) is 0 Å². The Hall–Kier alpha value is -0.590. The minimum Gasteiger partial charge on any atom is -0.240 e. The van der Waals surface area contributed by atoms with Crippen LogP contribution in [0.3, 0.4) is 0 Å². The SMILES string of the molecule is Cc1cc(Br)c(C#N)c(Cl)n1. The van der Waals surface area contributed by atoms with Crippen LogP contribution in [-0.2, 0) is 0 Å². The van der Waals surface area contributed by atoms with Gasteiger partial charge in [0.1, 0.15) is 16.8 Å². The van der Waals surface area contributed by atoms with E-state index in [1.165, 1.54) is 0 Å². The lowest BCUT2D eigenvalue weighted by Crippen LogP contribution is -1.87. The third kappa shape index (κ3) is 1.70. The summed E-state index contributed by atoms with van der Waals surface area (Å²) in [7, 11) is 0. The predicted molar refractivity (Wildman–Crippen MR) is 46.4 cm³/mol. The molecule has 0 spiro atoms.